The van der Waals surface area contributed by atoms with E-state index in [4.69, 9.17) is 9.97 Å². The van der Waals surface area contributed by atoms with E-state index in [1.54, 1.807) is 0 Å². The molecule has 8 aromatic carbocycles. The summed E-state index contributed by atoms with van der Waals surface area (Å²) in [6.07, 6.45) is 0. The summed E-state index contributed by atoms with van der Waals surface area (Å²) in [7, 11) is 0. The molecule has 12 rings (SSSR count). The standard InChI is InChI=1S/C48H28N4/c1-2-13-30(14-3-1)45-38-27-26-29-12-4-5-17-33(29)46(38)50-48(49-45)31-15-8-16-32(28-31)51-40-23-10-19-35-37-21-9-20-36-34-18-6-7-22-39(34)52(47(36)37)42-25-11-24-41(51)44(42)43(35)40/h1-28H. The van der Waals surface area contributed by atoms with E-state index in [-0.39, 0.29) is 0 Å². The average molecular weight is 661 g/mol. The van der Waals surface area contributed by atoms with Gasteiger partial charge in [0, 0.05) is 54.5 Å². The SMILES string of the molecule is c1ccc(-c2nc(-c3cccc(-n4c5cccc6c7cccc8c9ccccc9n(c9cccc4c9c65)c78)c3)nc3c2ccc2ccccc23)cc1. The first-order valence-electron chi connectivity index (χ1n) is 17.8. The highest BCUT2D eigenvalue weighted by atomic mass is 15.0. The van der Waals surface area contributed by atoms with Gasteiger partial charge in [-0.3, -0.25) is 0 Å². The van der Waals surface area contributed by atoms with Crippen molar-refractivity contribution in [3.63, 3.8) is 0 Å². The van der Waals surface area contributed by atoms with Crippen molar-refractivity contribution < 1.29 is 0 Å². The van der Waals surface area contributed by atoms with E-state index in [2.05, 4.69) is 173 Å². The summed E-state index contributed by atoms with van der Waals surface area (Å²) in [6.45, 7) is 0. The molecular weight excluding hydrogens is 633 g/mol. The molecule has 4 aromatic heterocycles. The van der Waals surface area contributed by atoms with Crippen LogP contribution in [0.1, 0.15) is 0 Å². The van der Waals surface area contributed by atoms with Gasteiger partial charge in [-0.2, -0.15) is 0 Å². The minimum Gasteiger partial charge on any atom is -0.309 e. The van der Waals surface area contributed by atoms with Crippen molar-refractivity contribution in [2.45, 2.75) is 0 Å². The quantitative estimate of drug-likeness (QED) is 0.177. The highest BCUT2D eigenvalue weighted by Gasteiger charge is 2.22. The lowest BCUT2D eigenvalue weighted by Crippen LogP contribution is -1.98. The lowest BCUT2D eigenvalue weighted by atomic mass is 10.0. The largest absolute Gasteiger partial charge is 0.309 e. The Balaban J connectivity index is 1.17. The third-order valence-corrected chi connectivity index (χ3v) is 11.0. The first-order chi connectivity index (χ1) is 25.8. The van der Waals surface area contributed by atoms with Crippen LogP contribution in [-0.4, -0.2) is 18.9 Å². The summed E-state index contributed by atoms with van der Waals surface area (Å²) < 4.78 is 4.91. The Hall–Kier alpha value is -7.04. The third kappa shape index (κ3) is 3.65. The van der Waals surface area contributed by atoms with E-state index >= 15 is 0 Å². The first kappa shape index (κ1) is 27.7. The van der Waals surface area contributed by atoms with E-state index in [0.717, 1.165) is 38.8 Å². The van der Waals surface area contributed by atoms with Crippen LogP contribution in [0.5, 0.6) is 0 Å². The van der Waals surface area contributed by atoms with Crippen LogP contribution in [0.2, 0.25) is 0 Å². The van der Waals surface area contributed by atoms with Gasteiger partial charge in [-0.1, -0.05) is 127 Å². The number of aromatic nitrogens is 4. The highest BCUT2D eigenvalue weighted by molar-refractivity contribution is 6.31. The Labute approximate surface area is 297 Å². The number of benzene rings is 8. The van der Waals surface area contributed by atoms with Crippen molar-refractivity contribution in [2.24, 2.45) is 0 Å². The van der Waals surface area contributed by atoms with E-state index in [1.165, 1.54) is 65.3 Å². The fourth-order valence-electron chi connectivity index (χ4n) is 8.86. The van der Waals surface area contributed by atoms with E-state index in [9.17, 15) is 0 Å². The van der Waals surface area contributed by atoms with Gasteiger partial charge in [-0.05, 0) is 53.2 Å². The smallest absolute Gasteiger partial charge is 0.160 e. The third-order valence-electron chi connectivity index (χ3n) is 11.0. The van der Waals surface area contributed by atoms with Crippen LogP contribution >= 0.6 is 0 Å². The second-order valence-corrected chi connectivity index (χ2v) is 13.8. The lowest BCUT2D eigenvalue weighted by Gasteiger charge is -2.13. The summed E-state index contributed by atoms with van der Waals surface area (Å²) in [6, 6.07) is 61.1. The zero-order chi connectivity index (χ0) is 33.9. The van der Waals surface area contributed by atoms with Gasteiger partial charge in [0.15, 0.2) is 5.82 Å². The number of hydrogen-bond acceptors (Lipinski definition) is 2. The summed E-state index contributed by atoms with van der Waals surface area (Å²) in [5.41, 5.74) is 11.1. The fourth-order valence-corrected chi connectivity index (χ4v) is 8.86. The molecule has 4 heterocycles. The highest BCUT2D eigenvalue weighted by Crippen LogP contribution is 2.44. The Bertz CT molecular complexity index is 3410. The molecule has 0 aliphatic carbocycles. The molecule has 4 heteroatoms. The Kier molecular flexibility index (Phi) is 5.47. The fraction of sp³-hybridized carbons (Fsp3) is 0. The van der Waals surface area contributed by atoms with E-state index in [0.29, 0.717) is 5.82 Å². The van der Waals surface area contributed by atoms with Gasteiger partial charge >= 0.3 is 0 Å². The summed E-state index contributed by atoms with van der Waals surface area (Å²) in [5, 5.41) is 11.0. The zero-order valence-electron chi connectivity index (χ0n) is 28.0. The van der Waals surface area contributed by atoms with Crippen LogP contribution in [0.25, 0.3) is 110 Å². The molecule has 0 spiro atoms. The minimum atomic E-state index is 0.711. The molecule has 0 atom stereocenters. The van der Waals surface area contributed by atoms with Gasteiger partial charge in [-0.15, -0.1) is 0 Å². The predicted octanol–water partition coefficient (Wildman–Crippen LogP) is 12.4. The predicted molar refractivity (Wildman–Crippen MR) is 217 cm³/mol. The molecule has 0 bridgehead atoms. The molecule has 0 saturated heterocycles. The van der Waals surface area contributed by atoms with Gasteiger partial charge in [0.1, 0.15) is 0 Å². The molecule has 0 unspecified atom stereocenters. The lowest BCUT2D eigenvalue weighted by molar-refractivity contribution is 1.17. The maximum Gasteiger partial charge on any atom is 0.160 e. The van der Waals surface area contributed by atoms with Crippen LogP contribution in [-0.2, 0) is 0 Å². The van der Waals surface area contributed by atoms with Gasteiger partial charge in [0.2, 0.25) is 0 Å². The molecule has 240 valence electrons. The summed E-state index contributed by atoms with van der Waals surface area (Å²) in [5.74, 6) is 0.711. The Morgan fingerprint density at radius 2 is 1.02 bits per heavy atom. The maximum atomic E-state index is 5.30. The van der Waals surface area contributed by atoms with E-state index in [1.807, 2.05) is 6.07 Å². The summed E-state index contributed by atoms with van der Waals surface area (Å²) in [4.78, 5) is 10.6. The van der Waals surface area contributed by atoms with Crippen molar-refractivity contribution in [2.75, 3.05) is 0 Å². The zero-order valence-corrected chi connectivity index (χ0v) is 28.0. The molecule has 4 nitrogen and oxygen atoms in total. The Morgan fingerprint density at radius 1 is 0.385 bits per heavy atom. The molecule has 0 saturated carbocycles. The molecule has 0 radical (unpaired) electrons. The first-order valence-corrected chi connectivity index (χ1v) is 17.8. The number of hydrogen-bond donors (Lipinski definition) is 0. The molecule has 0 amide bonds. The number of nitrogens with zero attached hydrogens (tertiary/aromatic N) is 4. The normalized spacial score (nSPS) is 12.2. The second-order valence-electron chi connectivity index (χ2n) is 13.8. The van der Waals surface area contributed by atoms with Crippen molar-refractivity contribution in [1.29, 1.82) is 0 Å². The van der Waals surface area contributed by atoms with Gasteiger partial charge in [-0.25, -0.2) is 9.97 Å². The molecule has 0 N–H and O–H groups in total. The average Bonchev–Trinajstić information content (AvgIpc) is 3.70. The van der Waals surface area contributed by atoms with Crippen LogP contribution < -0.4 is 0 Å². The van der Waals surface area contributed by atoms with Crippen molar-refractivity contribution in [3.05, 3.63) is 170 Å². The maximum absolute atomic E-state index is 5.30. The molecule has 52 heavy (non-hydrogen) atoms. The van der Waals surface area contributed by atoms with Crippen LogP contribution in [0, 0.1) is 0 Å². The molecule has 0 fully saturated rings. The van der Waals surface area contributed by atoms with Gasteiger partial charge in [0.25, 0.3) is 0 Å². The van der Waals surface area contributed by atoms with Crippen LogP contribution in [0.3, 0.4) is 0 Å². The molecule has 0 aliphatic rings. The topological polar surface area (TPSA) is 35.1 Å². The van der Waals surface area contributed by atoms with Crippen molar-refractivity contribution in [1.82, 2.24) is 18.9 Å². The van der Waals surface area contributed by atoms with Crippen LogP contribution in [0.15, 0.2) is 170 Å². The van der Waals surface area contributed by atoms with Crippen LogP contribution in [0.4, 0.5) is 0 Å². The van der Waals surface area contributed by atoms with Crippen molar-refractivity contribution >= 4 is 81.6 Å². The summed E-state index contributed by atoms with van der Waals surface area (Å²) >= 11 is 0. The molecule has 12 aromatic rings. The number of para-hydroxylation sites is 2. The molecular formula is C48H28N4. The van der Waals surface area contributed by atoms with Gasteiger partial charge < -0.3 is 8.97 Å². The number of fused-ring (bicyclic) bond motifs is 8. The van der Waals surface area contributed by atoms with Crippen molar-refractivity contribution in [3.8, 4) is 28.3 Å². The second kappa shape index (κ2) is 10.3. The molecule has 0 aliphatic heterocycles. The Morgan fingerprint density at radius 3 is 1.92 bits per heavy atom. The van der Waals surface area contributed by atoms with Gasteiger partial charge in [0.05, 0.1) is 38.8 Å². The van der Waals surface area contributed by atoms with E-state index < -0.39 is 0 Å². The monoisotopic (exact) mass is 660 g/mol. The minimum absolute atomic E-state index is 0.711. The number of rotatable bonds is 3.